The normalized spacial score (nSPS) is 12.9. The Balaban J connectivity index is 1.54. The predicted octanol–water partition coefficient (Wildman–Crippen LogP) is 4.50. The first-order valence-electron chi connectivity index (χ1n) is 9.66. The third kappa shape index (κ3) is 3.29. The van der Waals surface area contributed by atoms with E-state index in [9.17, 15) is 4.39 Å². The summed E-state index contributed by atoms with van der Waals surface area (Å²) >= 11 is 0. The van der Waals surface area contributed by atoms with Crippen LogP contribution in [0.3, 0.4) is 0 Å². The molecule has 2 aromatic heterocycles. The summed E-state index contributed by atoms with van der Waals surface area (Å²) in [5.74, 6) is 1.07. The lowest BCUT2D eigenvalue weighted by atomic mass is 10.2. The van der Waals surface area contributed by atoms with Crippen LogP contribution in [0.2, 0.25) is 0 Å². The number of fused-ring (bicyclic) bond motifs is 2. The van der Waals surface area contributed by atoms with Gasteiger partial charge >= 0.3 is 0 Å². The average molecular weight is 388 g/mol. The molecule has 0 saturated heterocycles. The third-order valence-electron chi connectivity index (χ3n) is 5.30. The van der Waals surface area contributed by atoms with Gasteiger partial charge in [-0.1, -0.05) is 6.07 Å². The van der Waals surface area contributed by atoms with Crippen LogP contribution in [0.25, 0.3) is 10.9 Å². The van der Waals surface area contributed by atoms with Crippen molar-refractivity contribution in [3.63, 3.8) is 0 Å². The van der Waals surface area contributed by atoms with Gasteiger partial charge in [-0.25, -0.2) is 9.37 Å². The number of nitrogens with one attached hydrogen (secondary N) is 1. The van der Waals surface area contributed by atoms with Crippen LogP contribution >= 0.6 is 0 Å². The summed E-state index contributed by atoms with van der Waals surface area (Å²) in [6, 6.07) is 12.5. The molecular formula is C22H21FN6. The Kier molecular flexibility index (Phi) is 4.16. The van der Waals surface area contributed by atoms with E-state index in [0.717, 1.165) is 47.4 Å². The van der Waals surface area contributed by atoms with Crippen LogP contribution in [-0.2, 0) is 19.9 Å². The van der Waals surface area contributed by atoms with Gasteiger partial charge < -0.3 is 10.2 Å². The molecule has 0 saturated carbocycles. The fourth-order valence-electron chi connectivity index (χ4n) is 3.90. The van der Waals surface area contributed by atoms with Gasteiger partial charge in [0.1, 0.15) is 11.6 Å². The molecule has 0 radical (unpaired) electrons. The molecule has 7 heteroatoms. The number of benzene rings is 2. The summed E-state index contributed by atoms with van der Waals surface area (Å²) in [5.41, 5.74) is 4.82. The molecule has 0 atom stereocenters. The van der Waals surface area contributed by atoms with E-state index >= 15 is 0 Å². The minimum atomic E-state index is -0.294. The molecule has 0 spiro atoms. The minimum absolute atomic E-state index is 0.294. The summed E-state index contributed by atoms with van der Waals surface area (Å²) in [6.45, 7) is 0. The zero-order valence-corrected chi connectivity index (χ0v) is 16.4. The first-order chi connectivity index (χ1) is 14.1. The van der Waals surface area contributed by atoms with E-state index in [-0.39, 0.29) is 5.82 Å². The molecule has 0 fully saturated rings. The van der Waals surface area contributed by atoms with Crippen molar-refractivity contribution in [3.8, 4) is 0 Å². The number of aromatic nitrogens is 4. The van der Waals surface area contributed by atoms with Crippen LogP contribution in [0.1, 0.15) is 17.7 Å². The third-order valence-corrected chi connectivity index (χ3v) is 5.30. The van der Waals surface area contributed by atoms with E-state index in [1.54, 1.807) is 12.1 Å². The van der Waals surface area contributed by atoms with Gasteiger partial charge in [-0.2, -0.15) is 10.1 Å². The lowest BCUT2D eigenvalue weighted by molar-refractivity contribution is 0.628. The zero-order chi connectivity index (χ0) is 20.0. The second-order valence-corrected chi connectivity index (χ2v) is 7.39. The molecule has 1 aliphatic carbocycles. The highest BCUT2D eigenvalue weighted by Crippen LogP contribution is 2.34. The first-order valence-corrected chi connectivity index (χ1v) is 9.66. The zero-order valence-electron chi connectivity index (χ0n) is 16.4. The summed E-state index contributed by atoms with van der Waals surface area (Å²) in [7, 11) is 3.93. The Morgan fingerprint density at radius 2 is 2.00 bits per heavy atom. The van der Waals surface area contributed by atoms with Crippen LogP contribution in [0.5, 0.6) is 0 Å². The van der Waals surface area contributed by atoms with Crippen LogP contribution in [0.4, 0.5) is 27.5 Å². The quantitative estimate of drug-likeness (QED) is 0.558. The lowest BCUT2D eigenvalue weighted by Crippen LogP contribution is -2.15. The topological polar surface area (TPSA) is 58.9 Å². The van der Waals surface area contributed by atoms with Gasteiger partial charge in [0, 0.05) is 42.6 Å². The number of aryl methyl sites for hydroxylation is 2. The Morgan fingerprint density at radius 1 is 1.10 bits per heavy atom. The Bertz CT molecular complexity index is 1220. The van der Waals surface area contributed by atoms with E-state index in [4.69, 9.17) is 4.98 Å². The van der Waals surface area contributed by atoms with E-state index in [1.807, 2.05) is 25.0 Å². The molecular weight excluding hydrogens is 367 g/mol. The summed E-state index contributed by atoms with van der Waals surface area (Å²) in [6.07, 6.45) is 4.95. The Hall–Kier alpha value is -3.48. The van der Waals surface area contributed by atoms with Crippen molar-refractivity contribution in [1.29, 1.82) is 0 Å². The summed E-state index contributed by atoms with van der Waals surface area (Å²) in [5, 5.41) is 8.77. The van der Waals surface area contributed by atoms with Crippen LogP contribution in [0, 0.1) is 5.82 Å². The standard InChI is InChI=1S/C22H21FN6/c1-28-13-14-9-10-17(12-20(14)27-28)29(2)21-18-7-4-8-19(18)25-22(26-21)24-16-6-3-5-15(23)11-16/h3,5-6,9-13H,4,7-8H2,1-2H3,(H,24,25,26). The second-order valence-electron chi connectivity index (χ2n) is 7.39. The molecule has 0 bridgehead atoms. The van der Waals surface area contributed by atoms with E-state index < -0.39 is 0 Å². The van der Waals surface area contributed by atoms with Crippen LogP contribution in [0.15, 0.2) is 48.7 Å². The van der Waals surface area contributed by atoms with E-state index in [0.29, 0.717) is 11.6 Å². The highest BCUT2D eigenvalue weighted by Gasteiger charge is 2.22. The first kappa shape index (κ1) is 17.6. The Morgan fingerprint density at radius 3 is 2.86 bits per heavy atom. The maximum absolute atomic E-state index is 13.6. The van der Waals surface area contributed by atoms with Gasteiger partial charge in [-0.05, 0) is 55.7 Å². The molecule has 0 unspecified atom stereocenters. The minimum Gasteiger partial charge on any atom is -0.329 e. The number of anilines is 4. The van der Waals surface area contributed by atoms with E-state index in [1.165, 1.54) is 17.7 Å². The van der Waals surface area contributed by atoms with Crippen molar-refractivity contribution in [1.82, 2.24) is 19.7 Å². The molecule has 4 aromatic rings. The van der Waals surface area contributed by atoms with Gasteiger partial charge in [-0.15, -0.1) is 0 Å². The van der Waals surface area contributed by atoms with Crippen molar-refractivity contribution >= 4 is 34.0 Å². The van der Waals surface area contributed by atoms with Crippen molar-refractivity contribution < 1.29 is 4.39 Å². The summed E-state index contributed by atoms with van der Waals surface area (Å²) in [4.78, 5) is 11.5. The molecule has 5 rings (SSSR count). The number of hydrogen-bond acceptors (Lipinski definition) is 5. The largest absolute Gasteiger partial charge is 0.329 e. The van der Waals surface area contributed by atoms with Crippen molar-refractivity contribution in [2.45, 2.75) is 19.3 Å². The molecule has 1 N–H and O–H groups in total. The average Bonchev–Trinajstić information content (AvgIpc) is 3.31. The fourth-order valence-corrected chi connectivity index (χ4v) is 3.90. The molecule has 29 heavy (non-hydrogen) atoms. The fraction of sp³-hybridized carbons (Fsp3) is 0.227. The number of nitrogens with zero attached hydrogens (tertiary/aromatic N) is 5. The molecule has 1 aliphatic rings. The van der Waals surface area contributed by atoms with Crippen molar-refractivity contribution in [2.24, 2.45) is 7.05 Å². The molecule has 0 amide bonds. The summed E-state index contributed by atoms with van der Waals surface area (Å²) < 4.78 is 15.4. The highest BCUT2D eigenvalue weighted by molar-refractivity contribution is 5.83. The lowest BCUT2D eigenvalue weighted by Gasteiger charge is -2.22. The highest BCUT2D eigenvalue weighted by atomic mass is 19.1. The van der Waals surface area contributed by atoms with Crippen molar-refractivity contribution in [3.05, 3.63) is 65.7 Å². The number of hydrogen-bond donors (Lipinski definition) is 1. The molecule has 2 aromatic carbocycles. The SMILES string of the molecule is CN(c1ccc2cn(C)nc2c1)c1nc(Nc2cccc(F)c2)nc2c1CCC2. The van der Waals surface area contributed by atoms with E-state index in [2.05, 4.69) is 38.5 Å². The monoisotopic (exact) mass is 388 g/mol. The predicted molar refractivity (Wildman–Crippen MR) is 113 cm³/mol. The molecule has 6 nitrogen and oxygen atoms in total. The maximum Gasteiger partial charge on any atom is 0.229 e. The van der Waals surface area contributed by atoms with Gasteiger partial charge in [0.15, 0.2) is 0 Å². The van der Waals surface area contributed by atoms with Crippen molar-refractivity contribution in [2.75, 3.05) is 17.3 Å². The molecule has 2 heterocycles. The van der Waals surface area contributed by atoms with Crippen LogP contribution < -0.4 is 10.2 Å². The Labute approximate surface area is 168 Å². The number of rotatable bonds is 4. The van der Waals surface area contributed by atoms with Crippen LogP contribution in [-0.4, -0.2) is 26.8 Å². The van der Waals surface area contributed by atoms with Gasteiger partial charge in [0.05, 0.1) is 11.2 Å². The molecule has 0 aliphatic heterocycles. The number of halogens is 1. The smallest absolute Gasteiger partial charge is 0.229 e. The van der Waals surface area contributed by atoms with Gasteiger partial charge in [0.2, 0.25) is 5.95 Å². The molecule has 146 valence electrons. The second kappa shape index (κ2) is 6.84. The maximum atomic E-state index is 13.6. The van der Waals surface area contributed by atoms with Gasteiger partial charge in [0.25, 0.3) is 0 Å². The van der Waals surface area contributed by atoms with Gasteiger partial charge in [-0.3, -0.25) is 4.68 Å².